The van der Waals surface area contributed by atoms with Crippen molar-refractivity contribution in [3.63, 3.8) is 0 Å². The number of hydrogen-bond donors (Lipinski definition) is 0. The van der Waals surface area contributed by atoms with Crippen LogP contribution in [0, 0.1) is 5.92 Å². The molecule has 0 bridgehead atoms. The highest BCUT2D eigenvalue weighted by Gasteiger charge is 2.29. The molecule has 1 fully saturated rings. The lowest BCUT2D eigenvalue weighted by atomic mass is 9.98. The zero-order chi connectivity index (χ0) is 11.3. The molecule has 0 radical (unpaired) electrons. The van der Waals surface area contributed by atoms with Gasteiger partial charge in [-0.05, 0) is 25.2 Å². The molecule has 0 spiro atoms. The molecule has 1 aliphatic carbocycles. The predicted octanol–water partition coefficient (Wildman–Crippen LogP) is 4.97. The number of alkyl halides is 4. The fourth-order valence-electron chi connectivity index (χ4n) is 1.99. The minimum absolute atomic E-state index is 0.115. The van der Waals surface area contributed by atoms with Crippen LogP contribution in [-0.2, 0) is 0 Å². The Morgan fingerprint density at radius 1 is 1.13 bits per heavy atom. The van der Waals surface area contributed by atoms with Crippen LogP contribution in [0.15, 0.2) is 0 Å². The third-order valence-corrected chi connectivity index (χ3v) is 4.79. The van der Waals surface area contributed by atoms with Crippen LogP contribution in [0.25, 0.3) is 0 Å². The maximum Gasteiger partial charge on any atom is 0.441 e. The van der Waals surface area contributed by atoms with Crippen molar-refractivity contribution in [2.75, 3.05) is 5.75 Å². The lowest BCUT2D eigenvalue weighted by molar-refractivity contribution is -0.0328. The van der Waals surface area contributed by atoms with E-state index in [2.05, 4.69) is 15.9 Å². The van der Waals surface area contributed by atoms with Crippen molar-refractivity contribution < 1.29 is 13.2 Å². The maximum absolute atomic E-state index is 11.9. The molecule has 0 aliphatic heterocycles. The average Bonchev–Trinajstić information content (AvgIpc) is 2.30. The molecule has 0 aromatic heterocycles. The van der Waals surface area contributed by atoms with E-state index in [0.717, 1.165) is 12.8 Å². The van der Waals surface area contributed by atoms with Gasteiger partial charge in [-0.15, -0.1) is 0 Å². The molecule has 2 atom stereocenters. The van der Waals surface area contributed by atoms with E-state index in [4.69, 9.17) is 0 Å². The van der Waals surface area contributed by atoms with Gasteiger partial charge in [0.1, 0.15) is 0 Å². The molecule has 5 heteroatoms. The number of rotatable bonds is 3. The van der Waals surface area contributed by atoms with Crippen LogP contribution in [0.4, 0.5) is 13.2 Å². The molecule has 1 rings (SSSR count). The summed E-state index contributed by atoms with van der Waals surface area (Å²) in [6.07, 6.45) is 6.48. The summed E-state index contributed by atoms with van der Waals surface area (Å²) < 4.78 is 35.8. The number of halogens is 4. The summed E-state index contributed by atoms with van der Waals surface area (Å²) in [7, 11) is 0. The summed E-state index contributed by atoms with van der Waals surface area (Å²) in [6.45, 7) is 0. The molecule has 1 aliphatic rings. The van der Waals surface area contributed by atoms with Gasteiger partial charge in [0.2, 0.25) is 0 Å². The van der Waals surface area contributed by atoms with Gasteiger partial charge in [0, 0.05) is 10.6 Å². The first-order valence-electron chi connectivity index (χ1n) is 5.34. The molecule has 0 aromatic carbocycles. The highest BCUT2D eigenvalue weighted by Crippen LogP contribution is 2.35. The Hall–Kier alpha value is 0.620. The predicted molar refractivity (Wildman–Crippen MR) is 62.4 cm³/mol. The third kappa shape index (κ3) is 6.05. The Morgan fingerprint density at radius 2 is 1.80 bits per heavy atom. The Morgan fingerprint density at radius 3 is 2.47 bits per heavy atom. The van der Waals surface area contributed by atoms with Crippen molar-refractivity contribution >= 4 is 27.7 Å². The molecule has 2 unspecified atom stereocenters. The Balaban J connectivity index is 2.23. The van der Waals surface area contributed by atoms with Crippen molar-refractivity contribution in [3.8, 4) is 0 Å². The second-order valence-corrected chi connectivity index (χ2v) is 6.33. The van der Waals surface area contributed by atoms with E-state index in [1.807, 2.05) is 0 Å². The fourth-order valence-corrected chi connectivity index (χ4v) is 3.49. The van der Waals surface area contributed by atoms with E-state index in [1.54, 1.807) is 0 Å². The molecular formula is C10H16BrF3S. The zero-order valence-electron chi connectivity index (χ0n) is 8.52. The summed E-state index contributed by atoms with van der Waals surface area (Å²) >= 11 is 3.71. The van der Waals surface area contributed by atoms with Crippen LogP contribution in [0.2, 0.25) is 0 Å². The van der Waals surface area contributed by atoms with E-state index >= 15 is 0 Å². The Bertz CT molecular complexity index is 184. The highest BCUT2D eigenvalue weighted by atomic mass is 79.9. The highest BCUT2D eigenvalue weighted by molar-refractivity contribution is 9.09. The van der Waals surface area contributed by atoms with E-state index < -0.39 is 5.51 Å². The van der Waals surface area contributed by atoms with Gasteiger partial charge in [-0.1, -0.05) is 47.0 Å². The van der Waals surface area contributed by atoms with Crippen molar-refractivity contribution in [1.82, 2.24) is 0 Å². The maximum atomic E-state index is 11.9. The molecule has 90 valence electrons. The van der Waals surface area contributed by atoms with E-state index in [-0.39, 0.29) is 17.5 Å². The van der Waals surface area contributed by atoms with Crippen molar-refractivity contribution in [2.24, 2.45) is 5.92 Å². The van der Waals surface area contributed by atoms with Gasteiger partial charge in [0.25, 0.3) is 0 Å². The second kappa shape index (κ2) is 6.38. The van der Waals surface area contributed by atoms with Crippen LogP contribution >= 0.6 is 27.7 Å². The van der Waals surface area contributed by atoms with Crippen LogP contribution in [0.1, 0.15) is 38.5 Å². The number of thioether (sulfide) groups is 1. The molecular weight excluding hydrogens is 289 g/mol. The van der Waals surface area contributed by atoms with Gasteiger partial charge in [0.05, 0.1) is 0 Å². The first-order chi connectivity index (χ1) is 6.99. The second-order valence-electron chi connectivity index (χ2n) is 4.00. The molecule has 0 amide bonds. The van der Waals surface area contributed by atoms with Gasteiger partial charge < -0.3 is 0 Å². The standard InChI is InChI=1S/C10H16BrF3S/c11-9-5-3-1-2-4-8(9)6-7-15-10(12,13)14/h8-9H,1-7H2. The summed E-state index contributed by atoms with van der Waals surface area (Å²) in [5.74, 6) is 0.637. The van der Waals surface area contributed by atoms with Crippen LogP contribution in [0.5, 0.6) is 0 Å². The molecule has 0 nitrogen and oxygen atoms in total. The van der Waals surface area contributed by atoms with Crippen LogP contribution < -0.4 is 0 Å². The normalized spacial score (nSPS) is 28.8. The minimum atomic E-state index is -4.06. The summed E-state index contributed by atoms with van der Waals surface area (Å²) in [6, 6.07) is 0. The van der Waals surface area contributed by atoms with Crippen LogP contribution in [0.3, 0.4) is 0 Å². The van der Waals surface area contributed by atoms with Gasteiger partial charge in [-0.25, -0.2) is 0 Å². The molecule has 1 saturated carbocycles. The lowest BCUT2D eigenvalue weighted by Crippen LogP contribution is -2.14. The summed E-state index contributed by atoms with van der Waals surface area (Å²) in [5.41, 5.74) is -4.06. The summed E-state index contributed by atoms with van der Waals surface area (Å²) in [5, 5.41) is 0. The lowest BCUT2D eigenvalue weighted by Gasteiger charge is -2.19. The first-order valence-corrected chi connectivity index (χ1v) is 7.24. The zero-order valence-corrected chi connectivity index (χ0v) is 10.9. The van der Waals surface area contributed by atoms with Crippen molar-refractivity contribution in [1.29, 1.82) is 0 Å². The average molecular weight is 305 g/mol. The Kier molecular flexibility index (Phi) is 5.82. The quantitative estimate of drug-likeness (QED) is 0.524. The molecule has 0 aromatic rings. The molecule has 0 heterocycles. The van der Waals surface area contributed by atoms with Crippen LogP contribution in [-0.4, -0.2) is 16.1 Å². The molecule has 0 N–H and O–H groups in total. The van der Waals surface area contributed by atoms with Gasteiger partial charge >= 0.3 is 5.51 Å². The van der Waals surface area contributed by atoms with Gasteiger partial charge in [0.15, 0.2) is 0 Å². The molecule has 0 saturated heterocycles. The molecule has 15 heavy (non-hydrogen) atoms. The van der Waals surface area contributed by atoms with E-state index in [9.17, 15) is 13.2 Å². The fraction of sp³-hybridized carbons (Fsp3) is 1.00. The van der Waals surface area contributed by atoms with Gasteiger partial charge in [-0.2, -0.15) is 13.2 Å². The van der Waals surface area contributed by atoms with Crippen molar-refractivity contribution in [2.45, 2.75) is 48.9 Å². The minimum Gasteiger partial charge on any atom is -0.160 e. The Labute approximate surface area is 102 Å². The van der Waals surface area contributed by atoms with Crippen molar-refractivity contribution in [3.05, 3.63) is 0 Å². The topological polar surface area (TPSA) is 0 Å². The monoisotopic (exact) mass is 304 g/mol. The van der Waals surface area contributed by atoms with E-state index in [1.165, 1.54) is 19.3 Å². The first kappa shape index (κ1) is 13.7. The smallest absolute Gasteiger partial charge is 0.160 e. The number of hydrogen-bond acceptors (Lipinski definition) is 1. The third-order valence-electron chi connectivity index (χ3n) is 2.82. The summed E-state index contributed by atoms with van der Waals surface area (Å²) in [4.78, 5) is 0.425. The largest absolute Gasteiger partial charge is 0.441 e. The van der Waals surface area contributed by atoms with E-state index in [0.29, 0.717) is 17.2 Å². The van der Waals surface area contributed by atoms with Gasteiger partial charge in [-0.3, -0.25) is 0 Å². The SMILES string of the molecule is FC(F)(F)SCCC1CCCCCC1Br.